The predicted octanol–water partition coefficient (Wildman–Crippen LogP) is 2.44. The van der Waals surface area contributed by atoms with Gasteiger partial charge in [0, 0.05) is 19.6 Å². The highest BCUT2D eigenvalue weighted by Crippen LogP contribution is 2.23. The van der Waals surface area contributed by atoms with E-state index in [4.69, 9.17) is 0 Å². The van der Waals surface area contributed by atoms with Crippen molar-refractivity contribution in [3.05, 3.63) is 35.1 Å². The summed E-state index contributed by atoms with van der Waals surface area (Å²) >= 11 is 0. The molecule has 3 nitrogen and oxygen atoms in total. The summed E-state index contributed by atoms with van der Waals surface area (Å²) in [5.74, 6) is 0.448. The molecule has 0 radical (unpaired) electrons. The van der Waals surface area contributed by atoms with E-state index in [1.54, 1.807) is 6.07 Å². The largest absolute Gasteiger partial charge is 0.387 e. The molecular formula is C17H27FN2O. The maximum atomic E-state index is 13.1. The van der Waals surface area contributed by atoms with Gasteiger partial charge in [-0.3, -0.25) is 0 Å². The van der Waals surface area contributed by atoms with Crippen molar-refractivity contribution in [2.75, 3.05) is 39.8 Å². The summed E-state index contributed by atoms with van der Waals surface area (Å²) in [6.45, 7) is 8.95. The molecule has 4 heteroatoms. The van der Waals surface area contributed by atoms with E-state index in [1.165, 1.54) is 18.6 Å². The number of rotatable bonds is 6. The molecule has 2 rings (SSSR count). The van der Waals surface area contributed by atoms with Crippen LogP contribution in [0.5, 0.6) is 0 Å². The molecule has 2 atom stereocenters. The van der Waals surface area contributed by atoms with E-state index in [0.29, 0.717) is 12.5 Å². The molecule has 0 spiro atoms. The number of hydrogen-bond donors (Lipinski definition) is 1. The van der Waals surface area contributed by atoms with E-state index in [9.17, 15) is 9.50 Å². The number of β-amino-alcohol motifs (C(OH)–C–C–N with tert-alkyl or cyclic N) is 1. The highest BCUT2D eigenvalue weighted by Gasteiger charge is 2.25. The van der Waals surface area contributed by atoms with E-state index >= 15 is 0 Å². The number of aliphatic hydroxyl groups excluding tert-OH is 1. The highest BCUT2D eigenvalue weighted by molar-refractivity contribution is 5.28. The van der Waals surface area contributed by atoms with Crippen molar-refractivity contribution >= 4 is 0 Å². The summed E-state index contributed by atoms with van der Waals surface area (Å²) in [4.78, 5) is 4.66. The summed E-state index contributed by atoms with van der Waals surface area (Å²) in [5, 5.41) is 10.4. The highest BCUT2D eigenvalue weighted by atomic mass is 19.1. The molecule has 21 heavy (non-hydrogen) atoms. The molecule has 1 aliphatic heterocycles. The Kier molecular flexibility index (Phi) is 5.73. The monoisotopic (exact) mass is 294 g/mol. The zero-order valence-corrected chi connectivity index (χ0v) is 13.3. The quantitative estimate of drug-likeness (QED) is 0.873. The van der Waals surface area contributed by atoms with Crippen molar-refractivity contribution in [3.8, 4) is 0 Å². The maximum Gasteiger partial charge on any atom is 0.123 e. The average molecular weight is 294 g/mol. The Morgan fingerprint density at radius 2 is 2.24 bits per heavy atom. The van der Waals surface area contributed by atoms with Crippen LogP contribution in [0.1, 0.15) is 30.6 Å². The minimum absolute atomic E-state index is 0.243. The molecule has 118 valence electrons. The molecule has 1 aromatic rings. The fraction of sp³-hybridized carbons (Fsp3) is 0.647. The molecule has 1 N–H and O–H groups in total. The first-order valence-corrected chi connectivity index (χ1v) is 7.84. The molecule has 1 saturated heterocycles. The van der Waals surface area contributed by atoms with Crippen LogP contribution in [0.3, 0.4) is 0 Å². The summed E-state index contributed by atoms with van der Waals surface area (Å²) in [7, 11) is 2.15. The van der Waals surface area contributed by atoms with Crippen molar-refractivity contribution in [3.63, 3.8) is 0 Å². The van der Waals surface area contributed by atoms with E-state index < -0.39 is 6.10 Å². The minimum Gasteiger partial charge on any atom is -0.387 e. The standard InChI is InChI=1S/C17H27FN2O/c1-4-19(3)10-14-7-8-20(11-14)12-17(21)16-6-5-15(18)9-13(16)2/h5-6,9,14,17,21H,4,7-8,10-12H2,1-3H3. The van der Waals surface area contributed by atoms with E-state index in [2.05, 4.69) is 23.8 Å². The van der Waals surface area contributed by atoms with Crippen LogP contribution in [-0.4, -0.2) is 54.7 Å². The summed E-state index contributed by atoms with van der Waals surface area (Å²) in [6.07, 6.45) is 0.660. The normalized spacial score (nSPS) is 21.1. The van der Waals surface area contributed by atoms with Crippen LogP contribution in [0.15, 0.2) is 18.2 Å². The third-order valence-electron chi connectivity index (χ3n) is 4.50. The van der Waals surface area contributed by atoms with Gasteiger partial charge in [-0.15, -0.1) is 0 Å². The van der Waals surface area contributed by atoms with Crippen LogP contribution in [-0.2, 0) is 0 Å². The minimum atomic E-state index is -0.534. The molecule has 0 saturated carbocycles. The average Bonchev–Trinajstić information content (AvgIpc) is 2.85. The topological polar surface area (TPSA) is 26.7 Å². The Balaban J connectivity index is 1.87. The van der Waals surface area contributed by atoms with Gasteiger partial charge in [-0.05, 0) is 62.7 Å². The van der Waals surface area contributed by atoms with Crippen LogP contribution in [0, 0.1) is 18.7 Å². The second-order valence-electron chi connectivity index (χ2n) is 6.29. The van der Waals surface area contributed by atoms with Crippen molar-refractivity contribution in [2.45, 2.75) is 26.4 Å². The lowest BCUT2D eigenvalue weighted by atomic mass is 10.0. The van der Waals surface area contributed by atoms with Gasteiger partial charge in [-0.25, -0.2) is 4.39 Å². The van der Waals surface area contributed by atoms with Crippen LogP contribution in [0.4, 0.5) is 4.39 Å². The Labute approximate surface area is 127 Å². The van der Waals surface area contributed by atoms with Crippen molar-refractivity contribution in [1.29, 1.82) is 0 Å². The van der Waals surface area contributed by atoms with Crippen LogP contribution >= 0.6 is 0 Å². The fourth-order valence-corrected chi connectivity index (χ4v) is 3.15. The molecule has 2 unspecified atom stereocenters. The van der Waals surface area contributed by atoms with E-state index in [-0.39, 0.29) is 5.82 Å². The van der Waals surface area contributed by atoms with Gasteiger partial charge in [0.1, 0.15) is 5.82 Å². The molecule has 0 aliphatic carbocycles. The summed E-state index contributed by atoms with van der Waals surface area (Å²) in [5.41, 5.74) is 1.66. The SMILES string of the molecule is CCN(C)CC1CCN(CC(O)c2ccc(F)cc2C)C1. The molecule has 1 aliphatic rings. The maximum absolute atomic E-state index is 13.1. The molecular weight excluding hydrogens is 267 g/mol. The van der Waals surface area contributed by atoms with Gasteiger partial charge in [0.15, 0.2) is 0 Å². The van der Waals surface area contributed by atoms with Crippen LogP contribution in [0.2, 0.25) is 0 Å². The first kappa shape index (κ1) is 16.4. The predicted molar refractivity (Wildman–Crippen MR) is 83.8 cm³/mol. The first-order chi connectivity index (χ1) is 9.99. The second kappa shape index (κ2) is 7.34. The number of halogens is 1. The lowest BCUT2D eigenvalue weighted by Crippen LogP contribution is -2.30. The Bertz CT molecular complexity index is 466. The number of aliphatic hydroxyl groups is 1. The van der Waals surface area contributed by atoms with Crippen LogP contribution in [0.25, 0.3) is 0 Å². The first-order valence-electron chi connectivity index (χ1n) is 7.84. The summed E-state index contributed by atoms with van der Waals surface area (Å²) < 4.78 is 13.1. The zero-order valence-electron chi connectivity index (χ0n) is 13.3. The molecule has 0 aromatic heterocycles. The Morgan fingerprint density at radius 1 is 1.48 bits per heavy atom. The Morgan fingerprint density at radius 3 is 2.90 bits per heavy atom. The molecule has 1 fully saturated rings. The van der Waals surface area contributed by atoms with Gasteiger partial charge in [0.2, 0.25) is 0 Å². The smallest absolute Gasteiger partial charge is 0.123 e. The molecule has 0 bridgehead atoms. The zero-order chi connectivity index (χ0) is 15.4. The number of hydrogen-bond acceptors (Lipinski definition) is 3. The molecule has 0 amide bonds. The second-order valence-corrected chi connectivity index (χ2v) is 6.29. The van der Waals surface area contributed by atoms with Crippen molar-refractivity contribution in [1.82, 2.24) is 9.80 Å². The third-order valence-corrected chi connectivity index (χ3v) is 4.50. The fourth-order valence-electron chi connectivity index (χ4n) is 3.15. The number of likely N-dealkylation sites (tertiary alicyclic amines) is 1. The van der Waals surface area contributed by atoms with Gasteiger partial charge >= 0.3 is 0 Å². The lowest BCUT2D eigenvalue weighted by molar-refractivity contribution is 0.122. The lowest BCUT2D eigenvalue weighted by Gasteiger charge is -2.23. The Hall–Kier alpha value is -0.970. The molecule has 1 aromatic carbocycles. The van der Waals surface area contributed by atoms with Gasteiger partial charge < -0.3 is 14.9 Å². The van der Waals surface area contributed by atoms with Crippen molar-refractivity contribution < 1.29 is 9.50 Å². The number of aryl methyl sites for hydroxylation is 1. The van der Waals surface area contributed by atoms with Gasteiger partial charge in [0.05, 0.1) is 6.10 Å². The number of benzene rings is 1. The van der Waals surface area contributed by atoms with Crippen molar-refractivity contribution in [2.24, 2.45) is 5.92 Å². The van der Waals surface area contributed by atoms with Gasteiger partial charge in [-0.2, -0.15) is 0 Å². The van der Waals surface area contributed by atoms with Crippen LogP contribution < -0.4 is 0 Å². The van der Waals surface area contributed by atoms with E-state index in [0.717, 1.165) is 37.3 Å². The van der Waals surface area contributed by atoms with E-state index in [1.807, 2.05) is 6.92 Å². The van der Waals surface area contributed by atoms with Gasteiger partial charge in [-0.1, -0.05) is 13.0 Å². The number of nitrogens with zero attached hydrogens (tertiary/aromatic N) is 2. The summed E-state index contributed by atoms with van der Waals surface area (Å²) in [6, 6.07) is 4.61. The third kappa shape index (κ3) is 4.50. The van der Waals surface area contributed by atoms with Gasteiger partial charge in [0.25, 0.3) is 0 Å². The molecule has 1 heterocycles.